The highest BCUT2D eigenvalue weighted by Crippen LogP contribution is 2.59. The van der Waals surface area contributed by atoms with Crippen LogP contribution in [0.5, 0.6) is 51.7 Å². The van der Waals surface area contributed by atoms with Crippen LogP contribution in [0.25, 0.3) is 11.1 Å². The van der Waals surface area contributed by atoms with E-state index < -0.39 is 249 Å². The number of carbonyl (C=O) groups excluding carboxylic acids is 12. The lowest BCUT2D eigenvalue weighted by molar-refractivity contribution is -0.273. The molecule has 137 heavy (non-hydrogen) atoms. The van der Waals surface area contributed by atoms with E-state index >= 15 is 33.6 Å². The summed E-state index contributed by atoms with van der Waals surface area (Å²) < 4.78 is 49.0. The number of ketones is 3. The number of fused-ring (bicyclic) bond motifs is 15. The number of likely N-dealkylation sites (N-methyl/N-ethyl adjacent to an activating group) is 2. The van der Waals surface area contributed by atoms with E-state index in [-0.39, 0.29) is 107 Å². The minimum absolute atomic E-state index is 0.0214. The number of imide groups is 1. The number of anilines is 1. The summed E-state index contributed by atoms with van der Waals surface area (Å²) in [5, 5.41) is 112. The van der Waals surface area contributed by atoms with Gasteiger partial charge in [0, 0.05) is 68.6 Å². The molecule has 4 saturated carbocycles. The summed E-state index contributed by atoms with van der Waals surface area (Å²) in [5.74, 6) is -17.8. The number of carbonyl (C=O) groups is 12. The second-order valence-corrected chi connectivity index (χ2v) is 40.7. The lowest BCUT2D eigenvalue weighted by atomic mass is 9.51. The molecule has 14 atom stereocenters. The number of amides is 9. The molecule has 6 aromatic carbocycles. The van der Waals surface area contributed by atoms with Crippen molar-refractivity contribution in [2.75, 3.05) is 32.1 Å². The fourth-order valence-electron chi connectivity index (χ4n) is 19.2. The second-order valence-electron chi connectivity index (χ2n) is 39.9. The van der Waals surface area contributed by atoms with Crippen LogP contribution in [0.4, 0.5) is 20.1 Å². The van der Waals surface area contributed by atoms with E-state index in [1.165, 1.54) is 72.6 Å². The Kier molecular flexibility index (Phi) is 31.6. The molecule has 0 spiro atoms. The third kappa shape index (κ3) is 24.8. The van der Waals surface area contributed by atoms with Crippen LogP contribution in [-0.2, 0) is 62.1 Å². The SMILES string of the molecule is CCN(CCOc1ccc(NC(=O)NC(=O)C[C@@H]2CC(=O)[C@H](NC(=O)[C@@H](CC(C)C)N(C)C(=O)OC(C)(C)C)[C@H](O)c3ccc(c(Cl)c3)Oc3cc4cc(c3O[C@@H]3O[C@H](CCC(=O)OC(C)(C)C)[C@@H](O)[C@H](O)[C@H]3O)Oc3ccc(cc3Cl)[C@@H](O)[C@@H]3NC(=O)[C@H](CC(=O)[C@@H]4NC2=O)c2ccc(O)c(c2)-c2c(O)cc(O)cc2[C@@H](C(=O)CC2C4CC5CC(C4)CC2C5)NC3=O)cc1)C(=O)OC(C)(C)C. The summed E-state index contributed by atoms with van der Waals surface area (Å²) in [6, 6.07) is 9.27. The van der Waals surface area contributed by atoms with Gasteiger partial charge in [-0.05, 0) is 256 Å². The summed E-state index contributed by atoms with van der Waals surface area (Å²) in [6.07, 6.45) is -15.8. The number of phenolic OH excluding ortho intramolecular Hbond substituents is 3. The van der Waals surface area contributed by atoms with E-state index in [1.807, 2.05) is 0 Å². The fourth-order valence-corrected chi connectivity index (χ4v) is 19.7. The number of rotatable bonds is 21. The molecule has 4 aliphatic carbocycles. The van der Waals surface area contributed by atoms with Crippen LogP contribution >= 0.6 is 23.2 Å². The zero-order valence-corrected chi connectivity index (χ0v) is 79.9. The van der Waals surface area contributed by atoms with Crippen LogP contribution in [0.15, 0.2) is 103 Å². The number of benzene rings is 6. The lowest BCUT2D eigenvalue weighted by Gasteiger charge is -2.54. The van der Waals surface area contributed by atoms with Crippen LogP contribution in [0.3, 0.4) is 0 Å². The first-order valence-corrected chi connectivity index (χ1v) is 46.7. The van der Waals surface area contributed by atoms with Crippen molar-refractivity contribution >= 4 is 100.0 Å². The van der Waals surface area contributed by atoms with Crippen LogP contribution in [-0.4, -0.2) is 214 Å². The summed E-state index contributed by atoms with van der Waals surface area (Å²) in [7, 11) is 1.27. The standard InChI is InChI=1S/C99H120Cl2N8O28/c1-14-109(96(129)137-99(10,11)12)27-28-130-58-20-18-56(19-21-58)102-94(127)103-76(116)41-55-38-68(113)81(106-91(125)65(29-46(2)3)108(13)95(128)136-98(7,8)9)83(118)50-16-23-71(63(100)36-50)131-74-39-54-40-75(88(74)134-93-87(122)86(121)85(120)73(133-93)25-26-77(117)135-97(4,5)6)132-72-24-17-51(37-64(72)101)84(119)82-92(126)105-80(70(115)44-59-52-31-47-30-48(33-52)34-53(59)32-47)62-42-57(110)43-67(112)78(62)61-35-49(15-22-66(61)111)60(90(124)107-82)45-69(114)79(54)104-89(55)123/h15-24,35-37,39-40,42-43,46-48,52-53,55,59-60,65,73,79-87,93,110-112,118-122H,14,25-34,38,41,44-45H2,1-13H3,(H,104,123)(H,105,126)(H,106,125)(H,107,124)(H2,102,103,116,127)/t47?,48?,52?,53?,55-,59?,60+,65+,73+,79+,80-,81-,82-,83+,84+,85+,86-,87+,93-/m0/s1. The molecule has 6 aliphatic heterocycles. The molecule has 9 amide bonds. The molecule has 0 unspecified atom stereocenters. The molecule has 36 nitrogen and oxygen atoms in total. The zero-order valence-electron chi connectivity index (χ0n) is 78.4. The minimum Gasteiger partial charge on any atom is -0.508 e. The normalized spacial score (nSPS) is 25.6. The van der Waals surface area contributed by atoms with Gasteiger partial charge in [-0.1, -0.05) is 55.2 Å². The monoisotopic (exact) mass is 1940 g/mol. The predicted molar refractivity (Wildman–Crippen MR) is 494 cm³/mol. The molecule has 10 aliphatic rings. The number of nitrogens with zero attached hydrogens (tertiary/aromatic N) is 2. The molecule has 15 bridgehead atoms. The van der Waals surface area contributed by atoms with Gasteiger partial charge in [-0.3, -0.25) is 53.4 Å². The summed E-state index contributed by atoms with van der Waals surface area (Å²) in [6.45, 7) is 20.5. The van der Waals surface area contributed by atoms with E-state index in [9.17, 15) is 64.8 Å². The molecule has 6 aromatic rings. The number of Topliss-reactive ketones (excluding diaryl/α,β-unsaturated/α-hetero) is 3. The van der Waals surface area contributed by atoms with Gasteiger partial charge in [-0.2, -0.15) is 0 Å². The van der Waals surface area contributed by atoms with Crippen molar-refractivity contribution in [2.45, 2.75) is 256 Å². The average Bonchev–Trinajstić information content (AvgIpc) is 0.755. The Labute approximate surface area is 801 Å². The van der Waals surface area contributed by atoms with E-state index in [0.717, 1.165) is 79.5 Å². The van der Waals surface area contributed by atoms with Gasteiger partial charge in [0.2, 0.25) is 41.6 Å². The summed E-state index contributed by atoms with van der Waals surface area (Å²) in [4.78, 5) is 184. The van der Waals surface area contributed by atoms with Crippen molar-refractivity contribution in [1.29, 1.82) is 0 Å². The third-order valence-corrected chi connectivity index (χ3v) is 26.2. The molecular formula is C99H120Cl2N8O28. The maximum Gasteiger partial charge on any atom is 0.410 e. The van der Waals surface area contributed by atoms with E-state index in [4.69, 9.17) is 61.1 Å². The first-order chi connectivity index (χ1) is 64.4. The van der Waals surface area contributed by atoms with Gasteiger partial charge in [0.1, 0.15) is 119 Å². The molecular weight excluding hydrogens is 1820 g/mol. The van der Waals surface area contributed by atoms with Gasteiger partial charge in [0.05, 0.1) is 34.5 Å². The number of ether oxygens (including phenoxy) is 8. The number of aliphatic hydroxyl groups excluding tert-OH is 5. The van der Waals surface area contributed by atoms with Crippen LogP contribution in [0.2, 0.25) is 10.0 Å². The Hall–Kier alpha value is -11.9. The Morgan fingerprint density at radius 2 is 1.20 bits per heavy atom. The Bertz CT molecular complexity index is 5570. The Morgan fingerprint density at radius 1 is 0.606 bits per heavy atom. The van der Waals surface area contributed by atoms with Crippen molar-refractivity contribution in [1.82, 2.24) is 36.4 Å². The fraction of sp³-hybridized carbons (Fsp3) is 0.515. The molecule has 0 aromatic heterocycles. The van der Waals surface area contributed by atoms with Gasteiger partial charge in [-0.15, -0.1) is 0 Å². The number of urea groups is 1. The maximum atomic E-state index is 16.9. The number of hydrogen-bond acceptors (Lipinski definition) is 28. The van der Waals surface area contributed by atoms with Crippen molar-refractivity contribution < 1.29 is 136 Å². The van der Waals surface area contributed by atoms with Crippen molar-refractivity contribution in [2.24, 2.45) is 41.4 Å². The highest BCUT2D eigenvalue weighted by atomic mass is 35.5. The molecule has 38 heteroatoms. The van der Waals surface area contributed by atoms with Gasteiger partial charge in [-0.25, -0.2) is 14.4 Å². The smallest absolute Gasteiger partial charge is 0.410 e. The van der Waals surface area contributed by atoms with Gasteiger partial charge in [0.15, 0.2) is 28.8 Å². The van der Waals surface area contributed by atoms with Crippen LogP contribution in [0.1, 0.15) is 218 Å². The number of aliphatic hydroxyl groups is 5. The van der Waals surface area contributed by atoms with Crippen molar-refractivity contribution in [3.05, 3.63) is 141 Å². The van der Waals surface area contributed by atoms with E-state index in [0.29, 0.717) is 24.1 Å². The molecule has 16 rings (SSSR count). The highest BCUT2D eigenvalue weighted by Gasteiger charge is 2.52. The molecule has 1 saturated heterocycles. The molecule has 5 fully saturated rings. The third-order valence-electron chi connectivity index (χ3n) is 25.6. The van der Waals surface area contributed by atoms with Crippen molar-refractivity contribution in [3.63, 3.8) is 0 Å². The lowest BCUT2D eigenvalue weighted by Crippen LogP contribution is -2.59. The molecule has 0 radical (unpaired) electrons. The van der Waals surface area contributed by atoms with Gasteiger partial charge < -0.3 is 110 Å². The highest BCUT2D eigenvalue weighted by molar-refractivity contribution is 6.32. The van der Waals surface area contributed by atoms with Crippen molar-refractivity contribution in [3.8, 4) is 62.9 Å². The molecule has 738 valence electrons. The first kappa shape index (κ1) is 103. The number of phenols is 3. The van der Waals surface area contributed by atoms with Gasteiger partial charge in [0.25, 0.3) is 0 Å². The number of esters is 1. The Morgan fingerprint density at radius 3 is 1.80 bits per heavy atom. The summed E-state index contributed by atoms with van der Waals surface area (Å²) in [5.41, 5.74) is -4.76. The largest absolute Gasteiger partial charge is 0.508 e. The number of nitrogens with one attached hydrogen (secondary N) is 6. The van der Waals surface area contributed by atoms with E-state index in [2.05, 4.69) is 31.9 Å². The minimum atomic E-state index is -2.33. The summed E-state index contributed by atoms with van der Waals surface area (Å²) >= 11 is 14.6. The number of hydrogen-bond donors (Lipinski definition) is 14. The predicted octanol–water partition coefficient (Wildman–Crippen LogP) is 12.1. The topological polar surface area (TPSA) is 519 Å². The average molecular weight is 1940 g/mol. The maximum absolute atomic E-state index is 16.9. The van der Waals surface area contributed by atoms with Crippen LogP contribution < -0.4 is 50.8 Å². The number of aromatic hydroxyl groups is 3. The molecule has 6 heterocycles. The number of halogens is 2. The first-order valence-electron chi connectivity index (χ1n) is 46.0. The molecule has 14 N–H and O–H groups in total. The van der Waals surface area contributed by atoms with E-state index in [1.54, 1.807) is 83.1 Å². The second kappa shape index (κ2) is 42.2. The Balaban J connectivity index is 0.969. The van der Waals surface area contributed by atoms with Gasteiger partial charge >= 0.3 is 24.2 Å². The zero-order chi connectivity index (χ0) is 99.6. The quantitative estimate of drug-likeness (QED) is 0.0235. The van der Waals surface area contributed by atoms with Crippen LogP contribution in [0, 0.1) is 41.4 Å².